The van der Waals surface area contributed by atoms with E-state index < -0.39 is 5.91 Å². The number of ether oxygens (including phenoxy) is 1. The molecule has 0 bridgehead atoms. The highest BCUT2D eigenvalue weighted by Crippen LogP contribution is 2.24. The quantitative estimate of drug-likeness (QED) is 0.299. The molecule has 3 rings (SSSR count). The average Bonchev–Trinajstić information content (AvgIpc) is 2.71. The average molecular weight is 431 g/mol. The molecule has 0 saturated heterocycles. The van der Waals surface area contributed by atoms with E-state index in [4.69, 9.17) is 27.9 Å². The van der Waals surface area contributed by atoms with Crippen LogP contribution in [-0.2, 0) is 6.61 Å². The number of carbonyl (C=O) groups is 1. The van der Waals surface area contributed by atoms with Crippen LogP contribution in [0.4, 0.5) is 0 Å². The lowest BCUT2D eigenvalue weighted by Crippen LogP contribution is -2.17. The van der Waals surface area contributed by atoms with Gasteiger partial charge < -0.3 is 14.9 Å². The molecule has 29 heavy (non-hydrogen) atoms. The molecule has 0 saturated carbocycles. The Hall–Kier alpha value is -3.22. The summed E-state index contributed by atoms with van der Waals surface area (Å²) in [5, 5.41) is 23.9. The molecule has 0 atom stereocenters. The summed E-state index contributed by atoms with van der Waals surface area (Å²) in [5.74, 6) is -0.435. The highest BCUT2D eigenvalue weighted by molar-refractivity contribution is 6.42. The molecular weight excluding hydrogens is 415 g/mol. The summed E-state index contributed by atoms with van der Waals surface area (Å²) in [4.78, 5) is 12.0. The molecule has 0 aliphatic carbocycles. The predicted molar refractivity (Wildman–Crippen MR) is 112 cm³/mol. The Morgan fingerprint density at radius 2 is 1.86 bits per heavy atom. The molecule has 0 spiro atoms. The van der Waals surface area contributed by atoms with Crippen molar-refractivity contribution in [3.05, 3.63) is 87.4 Å². The lowest BCUT2D eigenvalue weighted by Gasteiger charge is -2.08. The van der Waals surface area contributed by atoms with Crippen molar-refractivity contribution in [3.8, 4) is 17.2 Å². The van der Waals surface area contributed by atoms with E-state index in [0.29, 0.717) is 28.0 Å². The molecule has 3 aromatic rings. The van der Waals surface area contributed by atoms with Crippen molar-refractivity contribution >= 4 is 35.3 Å². The number of halogens is 2. The first-order valence-corrected chi connectivity index (χ1v) is 9.20. The maximum Gasteiger partial charge on any atom is 0.275 e. The third-order valence-corrected chi connectivity index (χ3v) is 4.59. The monoisotopic (exact) mass is 430 g/mol. The number of hydrogen-bond donors (Lipinski definition) is 3. The Bertz CT molecular complexity index is 1070. The number of phenols is 2. The fraction of sp³-hybridized carbons (Fsp3) is 0.0476. The molecule has 0 aromatic heterocycles. The molecule has 0 aliphatic heterocycles. The van der Waals surface area contributed by atoms with Crippen LogP contribution in [0.3, 0.4) is 0 Å². The van der Waals surface area contributed by atoms with Gasteiger partial charge in [0.15, 0.2) is 0 Å². The van der Waals surface area contributed by atoms with Crippen molar-refractivity contribution in [1.82, 2.24) is 5.43 Å². The molecule has 3 N–H and O–H groups in total. The Morgan fingerprint density at radius 1 is 1.03 bits per heavy atom. The second-order valence-electron chi connectivity index (χ2n) is 6.01. The molecule has 0 radical (unpaired) electrons. The van der Waals surface area contributed by atoms with Crippen molar-refractivity contribution in [2.45, 2.75) is 6.61 Å². The predicted octanol–water partition coefficient (Wildman–Crippen LogP) is 4.75. The van der Waals surface area contributed by atoms with Crippen molar-refractivity contribution in [2.75, 3.05) is 0 Å². The summed E-state index contributed by atoms with van der Waals surface area (Å²) in [5.41, 5.74) is 3.78. The lowest BCUT2D eigenvalue weighted by atomic mass is 10.2. The smallest absolute Gasteiger partial charge is 0.275 e. The first-order valence-electron chi connectivity index (χ1n) is 8.44. The first-order chi connectivity index (χ1) is 13.9. The summed E-state index contributed by atoms with van der Waals surface area (Å²) < 4.78 is 5.74. The topological polar surface area (TPSA) is 91.2 Å². The molecule has 148 valence electrons. The lowest BCUT2D eigenvalue weighted by molar-refractivity contribution is 0.0952. The Labute approximate surface area is 177 Å². The number of phenolic OH excluding ortho intramolecular Hbond substituents is 2. The minimum atomic E-state index is -0.651. The fourth-order valence-electron chi connectivity index (χ4n) is 2.41. The number of nitrogens with zero attached hydrogens (tertiary/aromatic N) is 1. The third kappa shape index (κ3) is 5.63. The maximum absolute atomic E-state index is 12.0. The number of rotatable bonds is 6. The summed E-state index contributed by atoms with van der Waals surface area (Å²) in [6.07, 6.45) is 1.43. The Morgan fingerprint density at radius 3 is 2.66 bits per heavy atom. The molecular formula is C21H16Cl2N2O4. The van der Waals surface area contributed by atoms with Crippen LogP contribution in [0.2, 0.25) is 10.0 Å². The van der Waals surface area contributed by atoms with E-state index in [2.05, 4.69) is 10.5 Å². The van der Waals surface area contributed by atoms with Gasteiger partial charge in [0.05, 0.1) is 21.8 Å². The molecule has 6 nitrogen and oxygen atoms in total. The first kappa shape index (κ1) is 20.5. The molecule has 3 aromatic carbocycles. The molecule has 0 fully saturated rings. The third-order valence-electron chi connectivity index (χ3n) is 3.85. The molecule has 1 amide bonds. The zero-order chi connectivity index (χ0) is 20.8. The minimum Gasteiger partial charge on any atom is -0.508 e. The van der Waals surface area contributed by atoms with Crippen molar-refractivity contribution in [2.24, 2.45) is 5.10 Å². The van der Waals surface area contributed by atoms with Gasteiger partial charge in [-0.25, -0.2) is 5.43 Å². The van der Waals surface area contributed by atoms with Gasteiger partial charge in [0.2, 0.25) is 0 Å². The highest BCUT2D eigenvalue weighted by Gasteiger charge is 2.11. The highest BCUT2D eigenvalue weighted by atomic mass is 35.5. The fourth-order valence-corrected chi connectivity index (χ4v) is 2.73. The molecule has 0 unspecified atom stereocenters. The molecule has 0 aliphatic rings. The van der Waals surface area contributed by atoms with Gasteiger partial charge in [-0.2, -0.15) is 5.10 Å². The summed E-state index contributed by atoms with van der Waals surface area (Å²) in [7, 11) is 0. The van der Waals surface area contributed by atoms with E-state index in [1.165, 1.54) is 18.3 Å². The number of carbonyl (C=O) groups excluding carboxylic acids is 1. The van der Waals surface area contributed by atoms with Crippen LogP contribution in [0, 0.1) is 0 Å². The van der Waals surface area contributed by atoms with E-state index in [-0.39, 0.29) is 17.1 Å². The SMILES string of the molecule is O=C(N/N=C\c1cccc(OCc2ccc(Cl)c(Cl)c2)c1)c1cc(O)ccc1O. The van der Waals surface area contributed by atoms with Crippen LogP contribution in [0.1, 0.15) is 21.5 Å². The summed E-state index contributed by atoms with van der Waals surface area (Å²) in [6, 6.07) is 16.0. The zero-order valence-electron chi connectivity index (χ0n) is 15.0. The number of hydrogen-bond acceptors (Lipinski definition) is 5. The van der Waals surface area contributed by atoms with E-state index in [1.807, 2.05) is 6.07 Å². The van der Waals surface area contributed by atoms with Gasteiger partial charge >= 0.3 is 0 Å². The Kier molecular flexibility index (Phi) is 6.59. The van der Waals surface area contributed by atoms with Crippen molar-refractivity contribution in [3.63, 3.8) is 0 Å². The number of hydrazone groups is 1. The number of benzene rings is 3. The maximum atomic E-state index is 12.0. The number of nitrogens with one attached hydrogen (secondary N) is 1. The van der Waals surface area contributed by atoms with Gasteiger partial charge in [-0.3, -0.25) is 4.79 Å². The van der Waals surface area contributed by atoms with Gasteiger partial charge in [-0.05, 0) is 53.6 Å². The van der Waals surface area contributed by atoms with Crippen LogP contribution < -0.4 is 10.2 Å². The van der Waals surface area contributed by atoms with Crippen LogP contribution >= 0.6 is 23.2 Å². The van der Waals surface area contributed by atoms with Crippen LogP contribution in [0.15, 0.2) is 65.8 Å². The number of aromatic hydroxyl groups is 2. The van der Waals surface area contributed by atoms with Crippen molar-refractivity contribution < 1.29 is 19.7 Å². The van der Waals surface area contributed by atoms with Gasteiger partial charge in [0, 0.05) is 0 Å². The standard InChI is InChI=1S/C21H16Cl2N2O4/c22-18-6-4-14(9-19(18)23)12-29-16-3-1-2-13(8-16)11-24-25-21(28)17-10-15(26)5-7-20(17)27/h1-11,26-27H,12H2,(H,25,28)/b24-11-. The van der Waals surface area contributed by atoms with E-state index in [0.717, 1.165) is 11.6 Å². The van der Waals surface area contributed by atoms with Gasteiger partial charge in [-0.15, -0.1) is 0 Å². The molecule has 8 heteroatoms. The van der Waals surface area contributed by atoms with Crippen LogP contribution in [-0.4, -0.2) is 22.3 Å². The van der Waals surface area contributed by atoms with Gasteiger partial charge in [0.1, 0.15) is 23.9 Å². The van der Waals surface area contributed by atoms with E-state index in [9.17, 15) is 15.0 Å². The van der Waals surface area contributed by atoms with Gasteiger partial charge in [0.25, 0.3) is 5.91 Å². The number of amides is 1. The summed E-state index contributed by atoms with van der Waals surface area (Å²) in [6.45, 7) is 0.311. The van der Waals surface area contributed by atoms with E-state index >= 15 is 0 Å². The van der Waals surface area contributed by atoms with Crippen LogP contribution in [0.25, 0.3) is 0 Å². The normalized spacial score (nSPS) is 10.8. The van der Waals surface area contributed by atoms with E-state index in [1.54, 1.807) is 36.4 Å². The van der Waals surface area contributed by atoms with Crippen LogP contribution in [0.5, 0.6) is 17.2 Å². The minimum absolute atomic E-state index is 0.0825. The second kappa shape index (κ2) is 9.32. The Balaban J connectivity index is 1.61. The largest absolute Gasteiger partial charge is 0.508 e. The second-order valence-corrected chi connectivity index (χ2v) is 6.82. The van der Waals surface area contributed by atoms with Gasteiger partial charge in [-0.1, -0.05) is 41.4 Å². The zero-order valence-corrected chi connectivity index (χ0v) is 16.5. The molecule has 0 heterocycles. The summed E-state index contributed by atoms with van der Waals surface area (Å²) >= 11 is 11.9. The van der Waals surface area contributed by atoms with Crippen molar-refractivity contribution in [1.29, 1.82) is 0 Å².